The van der Waals surface area contributed by atoms with Crippen molar-refractivity contribution in [3.8, 4) is 17.1 Å². The minimum atomic E-state index is -0.191. The Morgan fingerprint density at radius 3 is 2.53 bits per heavy atom. The molecular formula is C22H20ClN5OS. The van der Waals surface area contributed by atoms with E-state index in [-0.39, 0.29) is 5.91 Å². The summed E-state index contributed by atoms with van der Waals surface area (Å²) in [5, 5.41) is 8.86. The van der Waals surface area contributed by atoms with E-state index in [9.17, 15) is 4.79 Å². The number of amides is 1. The van der Waals surface area contributed by atoms with Gasteiger partial charge in [0.2, 0.25) is 0 Å². The minimum absolute atomic E-state index is 0.191. The molecule has 0 saturated carbocycles. The highest BCUT2D eigenvalue weighted by Gasteiger charge is 2.13. The Bertz CT molecular complexity index is 1200. The summed E-state index contributed by atoms with van der Waals surface area (Å²) in [6.45, 7) is 6.28. The Morgan fingerprint density at radius 2 is 1.90 bits per heavy atom. The third kappa shape index (κ3) is 4.27. The molecule has 1 aromatic carbocycles. The molecule has 0 atom stereocenters. The highest BCUT2D eigenvalue weighted by atomic mass is 35.5. The predicted molar refractivity (Wildman–Crippen MR) is 119 cm³/mol. The van der Waals surface area contributed by atoms with E-state index in [0.717, 1.165) is 32.5 Å². The lowest BCUT2D eigenvalue weighted by Gasteiger charge is -2.06. The van der Waals surface area contributed by atoms with E-state index in [1.165, 1.54) is 0 Å². The molecule has 4 rings (SSSR count). The number of benzene rings is 1. The molecule has 8 heteroatoms. The first kappa shape index (κ1) is 20.3. The van der Waals surface area contributed by atoms with Gasteiger partial charge in [-0.15, -0.1) is 11.3 Å². The number of hydrogen-bond donors (Lipinski definition) is 1. The Labute approximate surface area is 183 Å². The molecule has 6 nitrogen and oxygen atoms in total. The van der Waals surface area contributed by atoms with E-state index in [1.807, 2.05) is 51.1 Å². The number of carbonyl (C=O) groups excluding carboxylic acids is 1. The number of carbonyl (C=O) groups is 1. The van der Waals surface area contributed by atoms with Gasteiger partial charge in [-0.3, -0.25) is 4.79 Å². The first-order valence-electron chi connectivity index (χ1n) is 9.41. The fraction of sp³-hybridized carbons (Fsp3) is 0.182. The first-order valence-corrected chi connectivity index (χ1v) is 10.6. The summed E-state index contributed by atoms with van der Waals surface area (Å²) in [6.07, 6.45) is 1.56. The smallest absolute Gasteiger partial charge is 0.253 e. The molecule has 0 aliphatic rings. The highest BCUT2D eigenvalue weighted by Crippen LogP contribution is 2.28. The van der Waals surface area contributed by atoms with Gasteiger partial charge in [-0.05, 0) is 51.1 Å². The molecule has 3 aromatic heterocycles. The second kappa shape index (κ2) is 8.38. The third-order valence-corrected chi connectivity index (χ3v) is 5.82. The second-order valence-electron chi connectivity index (χ2n) is 6.95. The van der Waals surface area contributed by atoms with E-state index in [4.69, 9.17) is 11.6 Å². The van der Waals surface area contributed by atoms with Gasteiger partial charge >= 0.3 is 0 Å². The van der Waals surface area contributed by atoms with E-state index >= 15 is 0 Å². The average Bonchev–Trinajstić information content (AvgIpc) is 3.28. The zero-order valence-corrected chi connectivity index (χ0v) is 18.4. The number of pyridine rings is 1. The standard InChI is InChI=1S/C22H20ClN5OS/c1-13-10-14(2)28(27-13)19-9-6-17(11-24-19)22(29)25-12-20-26-21(15(3)30-20)16-4-7-18(23)8-5-16/h4-11H,12H2,1-3H3,(H,25,29). The quantitative estimate of drug-likeness (QED) is 0.482. The normalized spacial score (nSPS) is 10.9. The van der Waals surface area contributed by atoms with Crippen LogP contribution in [0.15, 0.2) is 48.7 Å². The summed E-state index contributed by atoms with van der Waals surface area (Å²) in [7, 11) is 0. The Morgan fingerprint density at radius 1 is 1.13 bits per heavy atom. The van der Waals surface area contributed by atoms with Gasteiger partial charge in [0, 0.05) is 27.4 Å². The summed E-state index contributed by atoms with van der Waals surface area (Å²) < 4.78 is 1.76. The van der Waals surface area contributed by atoms with E-state index in [2.05, 4.69) is 20.4 Å². The summed E-state index contributed by atoms with van der Waals surface area (Å²) in [6, 6.07) is 13.1. The van der Waals surface area contributed by atoms with Crippen molar-refractivity contribution < 1.29 is 4.79 Å². The van der Waals surface area contributed by atoms with Gasteiger partial charge in [-0.25, -0.2) is 14.6 Å². The fourth-order valence-electron chi connectivity index (χ4n) is 3.17. The van der Waals surface area contributed by atoms with Crippen LogP contribution in [0, 0.1) is 20.8 Å². The number of nitrogens with zero attached hydrogens (tertiary/aromatic N) is 4. The van der Waals surface area contributed by atoms with Crippen molar-refractivity contribution in [3.05, 3.63) is 80.5 Å². The molecule has 0 radical (unpaired) electrons. The monoisotopic (exact) mass is 437 g/mol. The van der Waals surface area contributed by atoms with Crippen LogP contribution in [-0.4, -0.2) is 25.7 Å². The van der Waals surface area contributed by atoms with Crippen LogP contribution in [-0.2, 0) is 6.54 Å². The molecule has 0 spiro atoms. The molecule has 0 aliphatic heterocycles. The van der Waals surface area contributed by atoms with E-state index < -0.39 is 0 Å². The molecule has 4 aromatic rings. The van der Waals surface area contributed by atoms with E-state index in [1.54, 1.807) is 34.3 Å². The zero-order valence-electron chi connectivity index (χ0n) is 16.8. The lowest BCUT2D eigenvalue weighted by Crippen LogP contribution is -2.23. The second-order valence-corrected chi connectivity index (χ2v) is 8.67. The van der Waals surface area contributed by atoms with Crippen molar-refractivity contribution in [2.75, 3.05) is 0 Å². The van der Waals surface area contributed by atoms with Crippen molar-refractivity contribution in [2.45, 2.75) is 27.3 Å². The number of aromatic nitrogens is 4. The minimum Gasteiger partial charge on any atom is -0.345 e. The van der Waals surface area contributed by atoms with Gasteiger partial charge in [-0.1, -0.05) is 23.7 Å². The van der Waals surface area contributed by atoms with E-state index in [0.29, 0.717) is 22.9 Å². The molecular weight excluding hydrogens is 418 g/mol. The Balaban J connectivity index is 1.43. The summed E-state index contributed by atoms with van der Waals surface area (Å²) in [4.78, 5) is 22.7. The lowest BCUT2D eigenvalue weighted by molar-refractivity contribution is 0.0950. The molecule has 0 bridgehead atoms. The van der Waals surface area contributed by atoms with Crippen LogP contribution in [0.2, 0.25) is 5.02 Å². The molecule has 1 N–H and O–H groups in total. The number of thiazole rings is 1. The Kier molecular flexibility index (Phi) is 5.65. The van der Waals surface area contributed by atoms with Crippen LogP contribution in [0.1, 0.15) is 31.6 Å². The van der Waals surface area contributed by atoms with Gasteiger partial charge < -0.3 is 5.32 Å². The van der Waals surface area contributed by atoms with Crippen LogP contribution < -0.4 is 5.32 Å². The number of aryl methyl sites for hydroxylation is 3. The van der Waals surface area contributed by atoms with Crippen LogP contribution in [0.5, 0.6) is 0 Å². The number of nitrogens with one attached hydrogen (secondary N) is 1. The van der Waals surface area contributed by atoms with Crippen LogP contribution >= 0.6 is 22.9 Å². The largest absolute Gasteiger partial charge is 0.345 e. The molecule has 152 valence electrons. The van der Waals surface area contributed by atoms with Gasteiger partial charge in [-0.2, -0.15) is 5.10 Å². The summed E-state index contributed by atoms with van der Waals surface area (Å²) in [5.74, 6) is 0.489. The molecule has 0 fully saturated rings. The number of hydrogen-bond acceptors (Lipinski definition) is 5. The highest BCUT2D eigenvalue weighted by molar-refractivity contribution is 7.12. The fourth-order valence-corrected chi connectivity index (χ4v) is 4.19. The van der Waals surface area contributed by atoms with Gasteiger partial charge in [0.05, 0.1) is 23.5 Å². The molecule has 3 heterocycles. The third-order valence-electron chi connectivity index (χ3n) is 4.60. The maximum absolute atomic E-state index is 12.5. The zero-order chi connectivity index (χ0) is 21.3. The van der Waals surface area contributed by atoms with Crippen molar-refractivity contribution in [2.24, 2.45) is 0 Å². The van der Waals surface area contributed by atoms with Crippen LogP contribution in [0.25, 0.3) is 17.1 Å². The predicted octanol–water partition coefficient (Wildman–Crippen LogP) is 4.90. The van der Waals surface area contributed by atoms with Gasteiger partial charge in [0.1, 0.15) is 5.01 Å². The molecule has 1 amide bonds. The SMILES string of the molecule is Cc1cc(C)n(-c2ccc(C(=O)NCc3nc(-c4ccc(Cl)cc4)c(C)s3)cn2)n1. The molecule has 0 unspecified atom stereocenters. The number of halogens is 1. The topological polar surface area (TPSA) is 72.7 Å². The molecule has 30 heavy (non-hydrogen) atoms. The van der Waals surface area contributed by atoms with Crippen molar-refractivity contribution in [1.29, 1.82) is 0 Å². The summed E-state index contributed by atoms with van der Waals surface area (Å²) in [5.41, 5.74) is 4.33. The first-order chi connectivity index (χ1) is 14.4. The lowest BCUT2D eigenvalue weighted by atomic mass is 10.1. The maximum atomic E-state index is 12.5. The molecule has 0 aliphatic carbocycles. The van der Waals surface area contributed by atoms with Crippen molar-refractivity contribution in [1.82, 2.24) is 25.1 Å². The van der Waals surface area contributed by atoms with Gasteiger partial charge in [0.25, 0.3) is 5.91 Å². The summed E-state index contributed by atoms with van der Waals surface area (Å²) >= 11 is 7.53. The van der Waals surface area contributed by atoms with Gasteiger partial charge in [0.15, 0.2) is 5.82 Å². The maximum Gasteiger partial charge on any atom is 0.253 e. The average molecular weight is 438 g/mol. The molecule has 0 saturated heterocycles. The van der Waals surface area contributed by atoms with Crippen LogP contribution in [0.4, 0.5) is 0 Å². The number of rotatable bonds is 5. The van der Waals surface area contributed by atoms with Crippen LogP contribution in [0.3, 0.4) is 0 Å². The van der Waals surface area contributed by atoms with Crippen molar-refractivity contribution >= 4 is 28.8 Å². The van der Waals surface area contributed by atoms with Crippen molar-refractivity contribution in [3.63, 3.8) is 0 Å². The Hall–Kier alpha value is -3.03.